The summed E-state index contributed by atoms with van der Waals surface area (Å²) in [5, 5.41) is 12.2. The van der Waals surface area contributed by atoms with Crippen LogP contribution in [0.3, 0.4) is 0 Å². The molecule has 0 aliphatic carbocycles. The lowest BCUT2D eigenvalue weighted by Crippen LogP contribution is -1.83. The highest BCUT2D eigenvalue weighted by molar-refractivity contribution is 9.10. The molecule has 0 atom stereocenters. The molecule has 0 saturated carbocycles. The van der Waals surface area contributed by atoms with Crippen LogP contribution in [0.4, 0.5) is 0 Å². The van der Waals surface area contributed by atoms with E-state index in [-0.39, 0.29) is 0 Å². The van der Waals surface area contributed by atoms with Gasteiger partial charge in [0.05, 0.1) is 11.3 Å². The van der Waals surface area contributed by atoms with Crippen LogP contribution in [0.25, 0.3) is 22.9 Å². The molecule has 0 bridgehead atoms. The van der Waals surface area contributed by atoms with E-state index in [9.17, 15) is 5.26 Å². The van der Waals surface area contributed by atoms with E-state index < -0.39 is 0 Å². The maximum absolute atomic E-state index is 9.47. The summed E-state index contributed by atoms with van der Waals surface area (Å²) in [6.45, 7) is 2.04. The Morgan fingerprint density at radius 3 is 2.70 bits per heavy atom. The van der Waals surface area contributed by atoms with Crippen LogP contribution in [-0.2, 0) is 0 Å². The highest BCUT2D eigenvalue weighted by Crippen LogP contribution is 2.28. The second-order valence-corrected chi connectivity index (χ2v) is 6.90. The number of nitriles is 1. The number of thiazole rings is 1. The summed E-state index contributed by atoms with van der Waals surface area (Å²) < 4.78 is 1.04. The number of nitrogens with zero attached hydrogens (tertiary/aromatic N) is 2. The molecule has 0 aliphatic rings. The van der Waals surface area contributed by atoms with Crippen LogP contribution in [0.5, 0.6) is 0 Å². The topological polar surface area (TPSA) is 36.7 Å². The predicted molar refractivity (Wildman–Crippen MR) is 99.9 cm³/mol. The second kappa shape index (κ2) is 6.91. The van der Waals surface area contributed by atoms with Gasteiger partial charge in [0, 0.05) is 15.4 Å². The third-order valence-corrected chi connectivity index (χ3v) is 4.75. The average molecular weight is 381 g/mol. The molecule has 23 heavy (non-hydrogen) atoms. The number of benzene rings is 2. The van der Waals surface area contributed by atoms with Crippen LogP contribution in [0.15, 0.2) is 58.4 Å². The number of hydrogen-bond donors (Lipinski definition) is 0. The third kappa shape index (κ3) is 3.76. The van der Waals surface area contributed by atoms with Gasteiger partial charge in [-0.1, -0.05) is 57.9 Å². The van der Waals surface area contributed by atoms with Gasteiger partial charge in [-0.3, -0.25) is 0 Å². The van der Waals surface area contributed by atoms with Crippen LogP contribution in [0, 0.1) is 18.3 Å². The fourth-order valence-electron chi connectivity index (χ4n) is 2.22. The molecule has 0 amide bonds. The number of aromatic nitrogens is 1. The van der Waals surface area contributed by atoms with E-state index in [1.165, 1.54) is 16.9 Å². The SMILES string of the molecule is Cc1cccc(C=C(C#N)c2nc(-c3ccc(Br)cc3)cs2)c1. The lowest BCUT2D eigenvalue weighted by Gasteiger charge is -1.98. The van der Waals surface area contributed by atoms with E-state index >= 15 is 0 Å². The summed E-state index contributed by atoms with van der Waals surface area (Å²) in [5.74, 6) is 0. The fourth-order valence-corrected chi connectivity index (χ4v) is 3.28. The Morgan fingerprint density at radius 1 is 1.22 bits per heavy atom. The number of rotatable bonds is 3. The zero-order valence-electron chi connectivity index (χ0n) is 12.5. The van der Waals surface area contributed by atoms with Crippen LogP contribution < -0.4 is 0 Å². The van der Waals surface area contributed by atoms with Gasteiger partial charge in [-0.25, -0.2) is 4.98 Å². The number of hydrogen-bond acceptors (Lipinski definition) is 3. The Kier molecular flexibility index (Phi) is 4.71. The van der Waals surface area contributed by atoms with Crippen molar-refractivity contribution in [3.63, 3.8) is 0 Å². The molecule has 0 spiro atoms. The fraction of sp³-hybridized carbons (Fsp3) is 0.0526. The van der Waals surface area contributed by atoms with Crippen LogP contribution >= 0.6 is 27.3 Å². The molecule has 0 radical (unpaired) electrons. The third-order valence-electron chi connectivity index (χ3n) is 3.35. The zero-order valence-corrected chi connectivity index (χ0v) is 14.9. The molecule has 0 aliphatic heterocycles. The number of halogens is 1. The second-order valence-electron chi connectivity index (χ2n) is 5.13. The Hall–Kier alpha value is -2.22. The van der Waals surface area contributed by atoms with Gasteiger partial charge in [0.2, 0.25) is 0 Å². The molecular weight excluding hydrogens is 368 g/mol. The van der Waals surface area contributed by atoms with Crippen molar-refractivity contribution in [2.24, 2.45) is 0 Å². The lowest BCUT2D eigenvalue weighted by molar-refractivity contribution is 1.37. The van der Waals surface area contributed by atoms with Gasteiger partial charge < -0.3 is 0 Å². The van der Waals surface area contributed by atoms with Crippen LogP contribution in [0.1, 0.15) is 16.1 Å². The Bertz CT molecular complexity index is 902. The van der Waals surface area contributed by atoms with Crippen LogP contribution in [-0.4, -0.2) is 4.98 Å². The van der Waals surface area contributed by atoms with E-state index in [1.54, 1.807) is 0 Å². The van der Waals surface area contributed by atoms with Gasteiger partial charge in [0.1, 0.15) is 11.1 Å². The van der Waals surface area contributed by atoms with Gasteiger partial charge in [-0.2, -0.15) is 5.26 Å². The largest absolute Gasteiger partial charge is 0.235 e. The molecule has 2 nitrogen and oxygen atoms in total. The van der Waals surface area contributed by atoms with Crippen molar-refractivity contribution < 1.29 is 0 Å². The zero-order chi connectivity index (χ0) is 16.2. The summed E-state index contributed by atoms with van der Waals surface area (Å²) in [6, 6.07) is 18.3. The highest BCUT2D eigenvalue weighted by Gasteiger charge is 2.09. The van der Waals surface area contributed by atoms with Crippen molar-refractivity contribution >= 4 is 38.9 Å². The van der Waals surface area contributed by atoms with Gasteiger partial charge in [-0.15, -0.1) is 11.3 Å². The molecule has 0 fully saturated rings. The molecule has 3 aromatic rings. The number of allylic oxidation sites excluding steroid dienone is 1. The van der Waals surface area contributed by atoms with Crippen molar-refractivity contribution in [2.75, 3.05) is 0 Å². The van der Waals surface area contributed by atoms with Gasteiger partial charge >= 0.3 is 0 Å². The van der Waals surface area contributed by atoms with E-state index in [0.717, 1.165) is 26.3 Å². The Labute approximate surface area is 147 Å². The van der Waals surface area contributed by atoms with Gasteiger partial charge in [-0.05, 0) is 30.7 Å². The molecule has 1 aromatic heterocycles. The summed E-state index contributed by atoms with van der Waals surface area (Å²) in [7, 11) is 0. The number of aryl methyl sites for hydroxylation is 1. The van der Waals surface area contributed by atoms with E-state index in [1.807, 2.05) is 60.8 Å². The molecule has 1 heterocycles. The summed E-state index contributed by atoms with van der Waals surface area (Å²) in [5.41, 5.74) is 4.71. The summed E-state index contributed by atoms with van der Waals surface area (Å²) >= 11 is 4.92. The minimum Gasteiger partial charge on any atom is -0.235 e. The highest BCUT2D eigenvalue weighted by atomic mass is 79.9. The molecule has 3 rings (SSSR count). The standard InChI is InChI=1S/C19H13BrN2S/c1-13-3-2-4-14(9-13)10-16(11-21)19-22-18(12-23-19)15-5-7-17(20)8-6-15/h2-10,12H,1H3. The van der Waals surface area contributed by atoms with Gasteiger partial charge in [0.25, 0.3) is 0 Å². The molecule has 0 N–H and O–H groups in total. The summed E-state index contributed by atoms with van der Waals surface area (Å²) in [4.78, 5) is 4.61. The first-order valence-electron chi connectivity index (χ1n) is 7.06. The predicted octanol–water partition coefficient (Wildman–Crippen LogP) is 5.95. The minimum absolute atomic E-state index is 0.587. The average Bonchev–Trinajstić information content (AvgIpc) is 3.03. The maximum Gasteiger partial charge on any atom is 0.134 e. The van der Waals surface area contributed by atoms with Crippen LogP contribution in [0.2, 0.25) is 0 Å². The molecule has 4 heteroatoms. The van der Waals surface area contributed by atoms with Crippen molar-refractivity contribution in [3.8, 4) is 17.3 Å². The van der Waals surface area contributed by atoms with E-state index in [2.05, 4.69) is 33.0 Å². The first-order valence-corrected chi connectivity index (χ1v) is 8.73. The van der Waals surface area contributed by atoms with Gasteiger partial charge in [0.15, 0.2) is 0 Å². The molecule has 2 aromatic carbocycles. The normalized spacial score (nSPS) is 11.3. The minimum atomic E-state index is 0.587. The van der Waals surface area contributed by atoms with E-state index in [0.29, 0.717) is 5.57 Å². The first-order chi connectivity index (χ1) is 11.2. The lowest BCUT2D eigenvalue weighted by atomic mass is 10.1. The molecule has 112 valence electrons. The Balaban J connectivity index is 1.94. The summed E-state index contributed by atoms with van der Waals surface area (Å²) in [6.07, 6.45) is 1.89. The smallest absolute Gasteiger partial charge is 0.134 e. The first kappa shape index (κ1) is 15.7. The van der Waals surface area contributed by atoms with Crippen molar-refractivity contribution in [3.05, 3.63) is 74.5 Å². The maximum atomic E-state index is 9.47. The quantitative estimate of drug-likeness (QED) is 0.526. The Morgan fingerprint density at radius 2 is 2.00 bits per heavy atom. The van der Waals surface area contributed by atoms with E-state index in [4.69, 9.17) is 0 Å². The monoisotopic (exact) mass is 380 g/mol. The molecule has 0 unspecified atom stereocenters. The molecular formula is C19H13BrN2S. The molecule has 0 saturated heterocycles. The van der Waals surface area contributed by atoms with Crippen molar-refractivity contribution in [2.45, 2.75) is 6.92 Å². The van der Waals surface area contributed by atoms with Crippen molar-refractivity contribution in [1.29, 1.82) is 5.26 Å². The van der Waals surface area contributed by atoms with Crippen molar-refractivity contribution in [1.82, 2.24) is 4.98 Å².